The molecule has 0 aromatic heterocycles. The molecule has 0 spiro atoms. The molecule has 0 rings (SSSR count). The largest absolute Gasteiger partial charge is 0.377 e. The van der Waals surface area contributed by atoms with Crippen LogP contribution in [0.4, 0.5) is 0 Å². The molecule has 3 N–H and O–H groups in total. The lowest BCUT2D eigenvalue weighted by Crippen LogP contribution is -2.27. The van der Waals surface area contributed by atoms with Crippen LogP contribution in [0.15, 0.2) is 0 Å². The summed E-state index contributed by atoms with van der Waals surface area (Å²) in [4.78, 5) is 21.8. The molecule has 1 amide bonds. The van der Waals surface area contributed by atoms with Crippen molar-refractivity contribution in [1.82, 2.24) is 5.32 Å². The van der Waals surface area contributed by atoms with E-state index in [1.54, 1.807) is 0 Å². The lowest BCUT2D eigenvalue weighted by molar-refractivity contribution is -0.123. The summed E-state index contributed by atoms with van der Waals surface area (Å²) in [5.41, 5.74) is 5.33. The van der Waals surface area contributed by atoms with Gasteiger partial charge in [-0.05, 0) is 26.3 Å². The van der Waals surface area contributed by atoms with Crippen molar-refractivity contribution in [1.29, 1.82) is 0 Å². The molecule has 0 aliphatic heterocycles. The molecule has 0 atom stereocenters. The van der Waals surface area contributed by atoms with E-state index in [0.29, 0.717) is 39.3 Å². The van der Waals surface area contributed by atoms with Gasteiger partial charge in [-0.15, -0.1) is 0 Å². The molecule has 0 fully saturated rings. The van der Waals surface area contributed by atoms with Gasteiger partial charge in [0.2, 0.25) is 5.91 Å². The predicted octanol–water partition coefficient (Wildman–Crippen LogP) is 0.880. The third kappa shape index (κ3) is 19.4. The minimum absolute atomic E-state index is 0.000238. The number of unbranched alkanes of at least 4 members (excludes halogenated alkanes) is 1. The van der Waals surface area contributed by atoms with E-state index in [4.69, 9.17) is 15.2 Å². The second kappa shape index (κ2) is 18.0. The van der Waals surface area contributed by atoms with Gasteiger partial charge < -0.3 is 20.5 Å². The third-order valence-electron chi connectivity index (χ3n) is 2.10. The fourth-order valence-electron chi connectivity index (χ4n) is 1.22. The number of hydrogen-bond acceptors (Lipinski definition) is 5. The molecule has 6 heteroatoms. The Bertz CT molecular complexity index is 235. The average molecular weight is 290 g/mol. The smallest absolute Gasteiger partial charge is 0.220 e. The van der Waals surface area contributed by atoms with Gasteiger partial charge in [0.1, 0.15) is 6.61 Å². The molecule has 0 aliphatic rings. The first-order chi connectivity index (χ1) is 9.66. The maximum atomic E-state index is 11.3. The van der Waals surface area contributed by atoms with Crippen molar-refractivity contribution in [2.75, 3.05) is 39.5 Å². The summed E-state index contributed by atoms with van der Waals surface area (Å²) in [6.07, 6.45) is 2.21. The number of ether oxygens (including phenoxy) is 2. The fourth-order valence-corrected chi connectivity index (χ4v) is 1.22. The van der Waals surface area contributed by atoms with Gasteiger partial charge in [-0.25, -0.2) is 0 Å². The van der Waals surface area contributed by atoms with Gasteiger partial charge in [0.25, 0.3) is 0 Å². The molecule has 120 valence electrons. The van der Waals surface area contributed by atoms with Crippen LogP contribution in [0.5, 0.6) is 0 Å². The Morgan fingerprint density at radius 1 is 1.05 bits per heavy atom. The van der Waals surface area contributed by atoms with E-state index < -0.39 is 0 Å². The van der Waals surface area contributed by atoms with Crippen LogP contribution in [0.2, 0.25) is 0 Å². The van der Waals surface area contributed by atoms with Crippen molar-refractivity contribution < 1.29 is 19.1 Å². The SMILES string of the molecule is CC.CC(=O)COCCOCCNC(=O)CCCCN. The highest BCUT2D eigenvalue weighted by Crippen LogP contribution is 1.92. The zero-order valence-corrected chi connectivity index (χ0v) is 13.1. The van der Waals surface area contributed by atoms with Crippen LogP contribution >= 0.6 is 0 Å². The van der Waals surface area contributed by atoms with Gasteiger partial charge in [0.15, 0.2) is 5.78 Å². The van der Waals surface area contributed by atoms with E-state index >= 15 is 0 Å². The zero-order valence-electron chi connectivity index (χ0n) is 13.1. The normalized spacial score (nSPS) is 9.60. The maximum Gasteiger partial charge on any atom is 0.220 e. The van der Waals surface area contributed by atoms with E-state index in [1.807, 2.05) is 13.8 Å². The molecule has 0 unspecified atom stereocenters. The summed E-state index contributed by atoms with van der Waals surface area (Å²) in [7, 11) is 0. The van der Waals surface area contributed by atoms with Gasteiger partial charge in [-0.2, -0.15) is 0 Å². The second-order valence-corrected chi connectivity index (χ2v) is 3.96. The van der Waals surface area contributed by atoms with Gasteiger partial charge in [0, 0.05) is 13.0 Å². The molecular formula is C14H30N2O4. The van der Waals surface area contributed by atoms with E-state index in [0.717, 1.165) is 12.8 Å². The maximum absolute atomic E-state index is 11.3. The van der Waals surface area contributed by atoms with Crippen LogP contribution in [0.25, 0.3) is 0 Å². The monoisotopic (exact) mass is 290 g/mol. The highest BCUT2D eigenvalue weighted by molar-refractivity contribution is 5.76. The number of nitrogens with one attached hydrogen (secondary N) is 1. The van der Waals surface area contributed by atoms with E-state index in [-0.39, 0.29) is 18.3 Å². The lowest BCUT2D eigenvalue weighted by Gasteiger charge is -2.06. The van der Waals surface area contributed by atoms with Crippen molar-refractivity contribution >= 4 is 11.7 Å². The van der Waals surface area contributed by atoms with E-state index in [2.05, 4.69) is 5.32 Å². The van der Waals surface area contributed by atoms with Crippen molar-refractivity contribution in [3.8, 4) is 0 Å². The van der Waals surface area contributed by atoms with Gasteiger partial charge in [-0.1, -0.05) is 13.8 Å². The van der Waals surface area contributed by atoms with Crippen molar-refractivity contribution in [3.63, 3.8) is 0 Å². The molecule has 20 heavy (non-hydrogen) atoms. The van der Waals surface area contributed by atoms with Crippen LogP contribution in [-0.4, -0.2) is 51.2 Å². The Kier molecular flexibility index (Phi) is 19.2. The summed E-state index contributed by atoms with van der Waals surface area (Å²) in [5, 5.41) is 2.75. The molecule has 0 saturated carbocycles. The molecular weight excluding hydrogens is 260 g/mol. The Morgan fingerprint density at radius 3 is 2.30 bits per heavy atom. The fraction of sp³-hybridized carbons (Fsp3) is 0.857. The number of carbonyl (C=O) groups is 2. The number of amides is 1. The summed E-state index contributed by atoms with van der Waals surface area (Å²) in [6.45, 7) is 7.99. The van der Waals surface area contributed by atoms with Crippen molar-refractivity contribution in [3.05, 3.63) is 0 Å². The quantitative estimate of drug-likeness (QED) is 0.521. The molecule has 0 bridgehead atoms. The van der Waals surface area contributed by atoms with Crippen LogP contribution in [0, 0.1) is 0 Å². The molecule has 0 saturated heterocycles. The number of nitrogens with two attached hydrogens (primary N) is 1. The molecule has 0 heterocycles. The molecule has 0 aromatic carbocycles. The second-order valence-electron chi connectivity index (χ2n) is 3.96. The first-order valence-corrected chi connectivity index (χ1v) is 7.28. The van der Waals surface area contributed by atoms with Gasteiger partial charge in [-0.3, -0.25) is 9.59 Å². The Morgan fingerprint density at radius 2 is 1.70 bits per heavy atom. The van der Waals surface area contributed by atoms with Gasteiger partial charge >= 0.3 is 0 Å². The Balaban J connectivity index is 0. The standard InChI is InChI=1S/C12H24N2O4.C2H6/c1-11(15)10-18-9-8-17-7-6-14-12(16)4-2-3-5-13;1-2/h2-10,13H2,1H3,(H,14,16);1-2H3. The average Bonchev–Trinajstić information content (AvgIpc) is 2.44. The zero-order chi connectivity index (χ0) is 15.6. The summed E-state index contributed by atoms with van der Waals surface area (Å²) in [5.74, 6) is 0.0274. The van der Waals surface area contributed by atoms with Crippen LogP contribution < -0.4 is 11.1 Å². The van der Waals surface area contributed by atoms with Crippen LogP contribution in [-0.2, 0) is 19.1 Å². The highest BCUT2D eigenvalue weighted by atomic mass is 16.5. The van der Waals surface area contributed by atoms with Crippen molar-refractivity contribution in [2.45, 2.75) is 40.0 Å². The number of hydrogen-bond donors (Lipinski definition) is 2. The summed E-state index contributed by atoms with van der Waals surface area (Å²) in [6, 6.07) is 0. The minimum atomic E-state index is -0.000238. The lowest BCUT2D eigenvalue weighted by atomic mass is 10.2. The minimum Gasteiger partial charge on any atom is -0.377 e. The topological polar surface area (TPSA) is 90.6 Å². The van der Waals surface area contributed by atoms with E-state index in [9.17, 15) is 9.59 Å². The van der Waals surface area contributed by atoms with Crippen molar-refractivity contribution in [2.24, 2.45) is 5.73 Å². The number of ketones is 1. The molecule has 0 aromatic rings. The first kappa shape index (κ1) is 21.3. The first-order valence-electron chi connectivity index (χ1n) is 7.28. The van der Waals surface area contributed by atoms with Crippen LogP contribution in [0.3, 0.4) is 0 Å². The number of carbonyl (C=O) groups excluding carboxylic acids is 2. The third-order valence-corrected chi connectivity index (χ3v) is 2.10. The predicted molar refractivity (Wildman–Crippen MR) is 79.6 cm³/mol. The van der Waals surface area contributed by atoms with Gasteiger partial charge in [0.05, 0.1) is 19.8 Å². The number of rotatable bonds is 12. The number of Topliss-reactive ketones (excluding diaryl/α,β-unsaturated/α-hetero) is 1. The summed E-state index contributed by atoms with van der Waals surface area (Å²) < 4.78 is 10.2. The van der Waals surface area contributed by atoms with E-state index in [1.165, 1.54) is 6.92 Å². The highest BCUT2D eigenvalue weighted by Gasteiger charge is 1.99. The van der Waals surface area contributed by atoms with Crippen LogP contribution in [0.1, 0.15) is 40.0 Å². The molecule has 0 aliphatic carbocycles. The Hall–Kier alpha value is -0.980. The molecule has 6 nitrogen and oxygen atoms in total. The Labute approximate surface area is 122 Å². The molecule has 0 radical (unpaired) electrons. The summed E-state index contributed by atoms with van der Waals surface area (Å²) >= 11 is 0.